The Balaban J connectivity index is 1.99. The third kappa shape index (κ3) is 5.37. The van der Waals surface area contributed by atoms with Crippen LogP contribution >= 0.6 is 0 Å². The summed E-state index contributed by atoms with van der Waals surface area (Å²) in [5, 5.41) is 0. The summed E-state index contributed by atoms with van der Waals surface area (Å²) >= 11 is 0. The van der Waals surface area contributed by atoms with Gasteiger partial charge in [-0.05, 0) is 38.8 Å². The zero-order valence-electron chi connectivity index (χ0n) is 17.5. The van der Waals surface area contributed by atoms with E-state index in [-0.39, 0.29) is 48.9 Å². The van der Waals surface area contributed by atoms with Gasteiger partial charge < -0.3 is 14.4 Å². The highest BCUT2D eigenvalue weighted by molar-refractivity contribution is 7.89. The highest BCUT2D eigenvalue weighted by Gasteiger charge is 2.35. The Labute approximate surface area is 177 Å². The molecule has 0 aromatic heterocycles. The Kier molecular flexibility index (Phi) is 8.36. The molecule has 0 bridgehead atoms. The molecule has 166 valence electrons. The van der Waals surface area contributed by atoms with Crippen molar-refractivity contribution in [3.05, 3.63) is 29.8 Å². The van der Waals surface area contributed by atoms with Crippen LogP contribution in [0.3, 0.4) is 0 Å². The van der Waals surface area contributed by atoms with E-state index in [1.807, 2.05) is 13.8 Å². The molecule has 0 aliphatic carbocycles. The van der Waals surface area contributed by atoms with E-state index in [1.54, 1.807) is 11.0 Å². The van der Waals surface area contributed by atoms with E-state index in [1.165, 1.54) is 29.6 Å². The Hall–Kier alpha value is -2.46. The van der Waals surface area contributed by atoms with Crippen LogP contribution in [0.4, 0.5) is 0 Å². The van der Waals surface area contributed by atoms with Gasteiger partial charge in [0.1, 0.15) is 0 Å². The predicted molar refractivity (Wildman–Crippen MR) is 108 cm³/mol. The SMILES string of the molecule is CCN(CC)C(=O)COC(=O)C1CCN(S(=O)(=O)c2ccccc2C(=O)OC)CC1. The first-order valence-electron chi connectivity index (χ1n) is 9.88. The van der Waals surface area contributed by atoms with Crippen molar-refractivity contribution in [3.8, 4) is 0 Å². The number of rotatable bonds is 8. The molecule has 1 aliphatic heterocycles. The fourth-order valence-electron chi connectivity index (χ4n) is 3.36. The first-order chi connectivity index (χ1) is 14.3. The molecule has 1 aliphatic rings. The number of benzene rings is 1. The molecule has 1 aromatic rings. The molecule has 0 saturated carbocycles. The topological polar surface area (TPSA) is 110 Å². The number of carbonyl (C=O) groups is 3. The second-order valence-electron chi connectivity index (χ2n) is 6.84. The molecular formula is C20H28N2O7S. The maximum atomic E-state index is 13.0. The number of hydrogen-bond donors (Lipinski definition) is 0. The van der Waals surface area contributed by atoms with Gasteiger partial charge in [-0.3, -0.25) is 9.59 Å². The number of nitrogens with zero attached hydrogens (tertiary/aromatic N) is 2. The number of likely N-dealkylation sites (N-methyl/N-ethyl adjacent to an activating group) is 1. The van der Waals surface area contributed by atoms with Crippen molar-refractivity contribution in [2.45, 2.75) is 31.6 Å². The number of piperidine rings is 1. The van der Waals surface area contributed by atoms with Crippen molar-refractivity contribution in [2.24, 2.45) is 5.92 Å². The van der Waals surface area contributed by atoms with Gasteiger partial charge in [0.05, 0.1) is 23.5 Å². The van der Waals surface area contributed by atoms with Crippen LogP contribution in [-0.4, -0.2) is 75.4 Å². The summed E-state index contributed by atoms with van der Waals surface area (Å²) in [6.45, 7) is 4.68. The number of esters is 2. The minimum Gasteiger partial charge on any atom is -0.465 e. The van der Waals surface area contributed by atoms with E-state index in [4.69, 9.17) is 4.74 Å². The minimum atomic E-state index is -3.92. The van der Waals surface area contributed by atoms with Crippen LogP contribution in [0.5, 0.6) is 0 Å². The molecule has 30 heavy (non-hydrogen) atoms. The van der Waals surface area contributed by atoms with E-state index < -0.39 is 27.9 Å². The highest BCUT2D eigenvalue weighted by Crippen LogP contribution is 2.26. The zero-order chi connectivity index (χ0) is 22.3. The quantitative estimate of drug-likeness (QED) is 0.560. The van der Waals surface area contributed by atoms with Crippen LogP contribution in [0.15, 0.2) is 29.2 Å². The van der Waals surface area contributed by atoms with Crippen LogP contribution < -0.4 is 0 Å². The molecule has 0 radical (unpaired) electrons. The molecule has 2 rings (SSSR count). The summed E-state index contributed by atoms with van der Waals surface area (Å²) in [6, 6.07) is 5.86. The molecule has 0 atom stereocenters. The third-order valence-electron chi connectivity index (χ3n) is 5.15. The lowest BCUT2D eigenvalue weighted by molar-refractivity contribution is -0.156. The Bertz CT molecular complexity index is 873. The predicted octanol–water partition coefficient (Wildman–Crippen LogP) is 1.29. The summed E-state index contributed by atoms with van der Waals surface area (Å²) in [5.41, 5.74) is -0.0311. The van der Waals surface area contributed by atoms with E-state index in [2.05, 4.69) is 4.74 Å². The van der Waals surface area contributed by atoms with Crippen molar-refractivity contribution in [1.29, 1.82) is 0 Å². The number of methoxy groups -OCH3 is 1. The molecule has 1 fully saturated rings. The van der Waals surface area contributed by atoms with Gasteiger partial charge in [-0.15, -0.1) is 0 Å². The van der Waals surface area contributed by atoms with Crippen LogP contribution in [0, 0.1) is 5.92 Å². The Morgan fingerprint density at radius 2 is 1.70 bits per heavy atom. The lowest BCUT2D eigenvalue weighted by atomic mass is 9.98. The maximum absolute atomic E-state index is 13.0. The van der Waals surface area contributed by atoms with Crippen LogP contribution in [0.1, 0.15) is 37.0 Å². The summed E-state index contributed by atoms with van der Waals surface area (Å²) in [5.74, 6) is -1.96. The third-order valence-corrected chi connectivity index (χ3v) is 7.11. The van der Waals surface area contributed by atoms with Gasteiger partial charge in [0.2, 0.25) is 10.0 Å². The first-order valence-corrected chi connectivity index (χ1v) is 11.3. The van der Waals surface area contributed by atoms with Crippen molar-refractivity contribution >= 4 is 27.9 Å². The molecule has 1 amide bonds. The Morgan fingerprint density at radius 1 is 1.10 bits per heavy atom. The molecule has 9 nitrogen and oxygen atoms in total. The lowest BCUT2D eigenvalue weighted by Gasteiger charge is -2.30. The van der Waals surface area contributed by atoms with Crippen LogP contribution in [0.25, 0.3) is 0 Å². The zero-order valence-corrected chi connectivity index (χ0v) is 18.3. The number of hydrogen-bond acceptors (Lipinski definition) is 7. The largest absolute Gasteiger partial charge is 0.465 e. The molecule has 10 heteroatoms. The molecule has 0 N–H and O–H groups in total. The van der Waals surface area contributed by atoms with Crippen molar-refractivity contribution in [1.82, 2.24) is 9.21 Å². The Morgan fingerprint density at radius 3 is 2.27 bits per heavy atom. The monoisotopic (exact) mass is 440 g/mol. The number of sulfonamides is 1. The van der Waals surface area contributed by atoms with Crippen LogP contribution in [0.2, 0.25) is 0 Å². The number of ether oxygens (including phenoxy) is 2. The van der Waals surface area contributed by atoms with E-state index >= 15 is 0 Å². The van der Waals surface area contributed by atoms with Gasteiger partial charge >= 0.3 is 11.9 Å². The first kappa shape index (κ1) is 23.8. The fourth-order valence-corrected chi connectivity index (χ4v) is 5.01. The maximum Gasteiger partial charge on any atom is 0.339 e. The van der Waals surface area contributed by atoms with Gasteiger partial charge in [0, 0.05) is 26.2 Å². The summed E-state index contributed by atoms with van der Waals surface area (Å²) in [6.07, 6.45) is 0.551. The van der Waals surface area contributed by atoms with Gasteiger partial charge in [-0.1, -0.05) is 12.1 Å². The van der Waals surface area contributed by atoms with E-state index in [0.29, 0.717) is 13.1 Å². The van der Waals surface area contributed by atoms with Crippen LogP contribution in [-0.2, 0) is 29.1 Å². The summed E-state index contributed by atoms with van der Waals surface area (Å²) in [7, 11) is -2.73. The van der Waals surface area contributed by atoms with E-state index in [0.717, 1.165) is 0 Å². The van der Waals surface area contributed by atoms with E-state index in [9.17, 15) is 22.8 Å². The van der Waals surface area contributed by atoms with Gasteiger partial charge in [-0.2, -0.15) is 4.31 Å². The van der Waals surface area contributed by atoms with Gasteiger partial charge in [0.25, 0.3) is 5.91 Å². The average Bonchev–Trinajstić information content (AvgIpc) is 2.77. The average molecular weight is 441 g/mol. The molecule has 1 aromatic carbocycles. The second-order valence-corrected chi connectivity index (χ2v) is 8.75. The lowest BCUT2D eigenvalue weighted by Crippen LogP contribution is -2.41. The van der Waals surface area contributed by atoms with Crippen molar-refractivity contribution in [3.63, 3.8) is 0 Å². The summed E-state index contributed by atoms with van der Waals surface area (Å²) < 4.78 is 37.1. The van der Waals surface area contributed by atoms with Crippen molar-refractivity contribution in [2.75, 3.05) is 39.9 Å². The number of carbonyl (C=O) groups excluding carboxylic acids is 3. The molecular weight excluding hydrogens is 412 g/mol. The normalized spacial score (nSPS) is 15.4. The molecule has 0 spiro atoms. The van der Waals surface area contributed by atoms with Gasteiger partial charge in [0.15, 0.2) is 6.61 Å². The molecule has 1 heterocycles. The minimum absolute atomic E-state index is 0.0311. The fraction of sp³-hybridized carbons (Fsp3) is 0.550. The second kappa shape index (κ2) is 10.5. The number of amides is 1. The van der Waals surface area contributed by atoms with Gasteiger partial charge in [-0.25, -0.2) is 13.2 Å². The molecule has 1 saturated heterocycles. The molecule has 0 unspecified atom stereocenters. The summed E-state index contributed by atoms with van der Waals surface area (Å²) in [4.78, 5) is 37.6. The van der Waals surface area contributed by atoms with Crippen molar-refractivity contribution < 1.29 is 32.3 Å². The standard InChI is InChI=1S/C20H28N2O7S/c1-4-21(5-2)18(23)14-29-19(24)15-10-12-22(13-11-15)30(26,27)17-9-7-6-8-16(17)20(25)28-3/h6-9,15H,4-5,10-14H2,1-3H3. The smallest absolute Gasteiger partial charge is 0.339 e. The highest BCUT2D eigenvalue weighted by atomic mass is 32.2.